The Labute approximate surface area is 172 Å². The number of nitrogens with zero attached hydrogens (tertiary/aromatic N) is 2. The summed E-state index contributed by atoms with van der Waals surface area (Å²) in [7, 11) is -11.4. The van der Waals surface area contributed by atoms with Gasteiger partial charge in [0.25, 0.3) is 30.4 Å². The van der Waals surface area contributed by atoms with E-state index < -0.39 is 30.4 Å². The van der Waals surface area contributed by atoms with E-state index in [1.54, 1.807) is 0 Å². The van der Waals surface area contributed by atoms with Crippen LogP contribution in [0.4, 0.5) is 0 Å². The molecule has 0 aromatic rings. The van der Waals surface area contributed by atoms with Gasteiger partial charge in [-0.05, 0) is 0 Å². The summed E-state index contributed by atoms with van der Waals surface area (Å²) in [6.45, 7) is 4.41. The van der Waals surface area contributed by atoms with Gasteiger partial charge >= 0.3 is 0 Å². The first-order chi connectivity index (χ1) is 13.1. The third-order valence-corrected chi connectivity index (χ3v) is 5.50. The fourth-order valence-corrected chi connectivity index (χ4v) is 3.00. The molecule has 1 aliphatic rings. The number of aliphatic hydroxyl groups is 1. The molecule has 0 spiro atoms. The molecule has 1 fully saturated rings. The highest BCUT2D eigenvalue weighted by atomic mass is 32.2. The van der Waals surface area contributed by atoms with Crippen LogP contribution in [0.5, 0.6) is 0 Å². The minimum Gasteiger partial charge on any atom is -0.395 e. The Morgan fingerprint density at radius 3 is 1.14 bits per heavy atom. The lowest BCUT2D eigenvalue weighted by molar-refractivity contribution is 0.116. The Kier molecular flexibility index (Phi) is 16.3. The molecule has 0 aromatic carbocycles. The zero-order valence-electron chi connectivity index (χ0n) is 16.0. The monoisotopic (exact) mass is 488 g/mol. The van der Waals surface area contributed by atoms with Gasteiger partial charge in [0, 0.05) is 52.4 Å². The molecule has 0 atom stereocenters. The highest BCUT2D eigenvalue weighted by Gasteiger charge is 2.17. The molecule has 1 aliphatic heterocycles. The van der Waals surface area contributed by atoms with Crippen LogP contribution in [0.1, 0.15) is 0 Å². The second-order valence-corrected chi connectivity index (χ2v) is 10.6. The molecule has 0 unspecified atom stereocenters. The Hall–Kier alpha value is -0.470. The van der Waals surface area contributed by atoms with Gasteiger partial charge in [0.1, 0.15) is 0 Å². The Balaban J connectivity index is 0. The molecule has 1 heterocycles. The van der Waals surface area contributed by atoms with Crippen molar-refractivity contribution in [2.24, 2.45) is 11.5 Å². The van der Waals surface area contributed by atoms with E-state index >= 15 is 0 Å². The summed E-state index contributed by atoms with van der Waals surface area (Å²) < 4.78 is 84.3. The number of rotatable bonds is 9. The topological polar surface area (TPSA) is 242 Å². The van der Waals surface area contributed by atoms with Crippen molar-refractivity contribution in [2.75, 3.05) is 76.2 Å². The third-order valence-electron chi connectivity index (χ3n) is 3.30. The van der Waals surface area contributed by atoms with Crippen molar-refractivity contribution in [1.82, 2.24) is 9.80 Å². The molecule has 0 bridgehead atoms. The van der Waals surface area contributed by atoms with E-state index in [9.17, 15) is 25.3 Å². The van der Waals surface area contributed by atoms with Gasteiger partial charge in [-0.1, -0.05) is 0 Å². The predicted octanol–water partition coefficient (Wildman–Crippen LogP) is -3.85. The molecular formula is C12H32N4O10S3. The standard InChI is InChI=1S/C8H18N2O4S.2C2H7NO3S/c11-7-5-9-1-3-10(4-2-9)6-8-15(12,13)14;2*3-1-2-7(4,5)6/h11H,1-8H2,(H,12,13,14);2*1-3H2,(H,4,5,6). The van der Waals surface area contributed by atoms with Crippen LogP contribution in [0, 0.1) is 0 Å². The summed E-state index contributed by atoms with van der Waals surface area (Å²) >= 11 is 0. The van der Waals surface area contributed by atoms with Gasteiger partial charge in [-0.15, -0.1) is 0 Å². The Morgan fingerprint density at radius 1 is 0.621 bits per heavy atom. The molecular weight excluding hydrogens is 456 g/mol. The molecule has 178 valence electrons. The molecule has 14 nitrogen and oxygen atoms in total. The number of β-amino-alcohol motifs (C(OH)–C–C–N with tert-alkyl or cyclic N) is 1. The van der Waals surface area contributed by atoms with E-state index in [0.717, 1.165) is 26.2 Å². The fourth-order valence-electron chi connectivity index (χ4n) is 1.92. The molecule has 0 aromatic heterocycles. The summed E-state index contributed by atoms with van der Waals surface area (Å²) in [5.74, 6) is -0.910. The zero-order valence-corrected chi connectivity index (χ0v) is 18.4. The molecule has 8 N–H and O–H groups in total. The Bertz CT molecular complexity index is 685. The van der Waals surface area contributed by atoms with Crippen LogP contribution in [0.15, 0.2) is 0 Å². The molecule has 29 heavy (non-hydrogen) atoms. The third kappa shape index (κ3) is 25.5. The maximum absolute atomic E-state index is 10.5. The summed E-state index contributed by atoms with van der Waals surface area (Å²) in [4.78, 5) is 4.13. The SMILES string of the molecule is NCCS(=O)(=O)O.NCCS(=O)(=O)O.O=S(=O)(O)CCN1CCN(CCO)CC1. The highest BCUT2D eigenvalue weighted by Crippen LogP contribution is 2.01. The number of hydrogen-bond donors (Lipinski definition) is 6. The van der Waals surface area contributed by atoms with E-state index in [4.69, 9.17) is 30.2 Å². The van der Waals surface area contributed by atoms with Crippen molar-refractivity contribution in [3.8, 4) is 0 Å². The molecule has 1 saturated heterocycles. The normalized spacial score (nSPS) is 16.3. The van der Waals surface area contributed by atoms with Crippen LogP contribution >= 0.6 is 0 Å². The van der Waals surface area contributed by atoms with Crippen LogP contribution < -0.4 is 11.5 Å². The maximum atomic E-state index is 10.5. The predicted molar refractivity (Wildman–Crippen MR) is 107 cm³/mol. The first-order valence-corrected chi connectivity index (χ1v) is 13.3. The van der Waals surface area contributed by atoms with Gasteiger partial charge in [0.05, 0.1) is 23.9 Å². The van der Waals surface area contributed by atoms with Gasteiger partial charge in [-0.2, -0.15) is 25.3 Å². The fraction of sp³-hybridized carbons (Fsp3) is 1.00. The maximum Gasteiger partial charge on any atom is 0.266 e. The van der Waals surface area contributed by atoms with Crippen molar-refractivity contribution >= 4 is 30.4 Å². The van der Waals surface area contributed by atoms with Gasteiger partial charge in [0.2, 0.25) is 0 Å². The summed E-state index contributed by atoms with van der Waals surface area (Å²) in [5, 5.41) is 8.73. The average molecular weight is 489 g/mol. The Morgan fingerprint density at radius 2 is 0.931 bits per heavy atom. The van der Waals surface area contributed by atoms with Crippen LogP contribution in [-0.4, -0.2) is 130 Å². The van der Waals surface area contributed by atoms with E-state index in [-0.39, 0.29) is 37.0 Å². The largest absolute Gasteiger partial charge is 0.395 e. The van der Waals surface area contributed by atoms with E-state index in [0.29, 0.717) is 13.1 Å². The van der Waals surface area contributed by atoms with Crippen LogP contribution in [0.25, 0.3) is 0 Å². The van der Waals surface area contributed by atoms with Crippen molar-refractivity contribution < 1.29 is 44.0 Å². The van der Waals surface area contributed by atoms with Crippen molar-refractivity contribution in [2.45, 2.75) is 0 Å². The minimum absolute atomic E-state index is 0.0289. The van der Waals surface area contributed by atoms with Crippen molar-refractivity contribution in [3.63, 3.8) is 0 Å². The first-order valence-electron chi connectivity index (χ1n) is 8.44. The van der Waals surface area contributed by atoms with Gasteiger partial charge in [0.15, 0.2) is 0 Å². The number of nitrogens with two attached hydrogens (primary N) is 2. The van der Waals surface area contributed by atoms with Crippen LogP contribution in [-0.2, 0) is 30.4 Å². The zero-order chi connectivity index (χ0) is 23.1. The smallest absolute Gasteiger partial charge is 0.266 e. The number of aliphatic hydroxyl groups excluding tert-OH is 1. The summed E-state index contributed by atoms with van der Waals surface area (Å²) in [6.07, 6.45) is 0. The van der Waals surface area contributed by atoms with Crippen molar-refractivity contribution in [1.29, 1.82) is 0 Å². The summed E-state index contributed by atoms with van der Waals surface area (Å²) in [5.41, 5.74) is 9.55. The molecule has 0 aliphatic carbocycles. The highest BCUT2D eigenvalue weighted by molar-refractivity contribution is 7.86. The molecule has 0 amide bonds. The van der Waals surface area contributed by atoms with Gasteiger partial charge in [-0.25, -0.2) is 0 Å². The lowest BCUT2D eigenvalue weighted by atomic mass is 10.3. The van der Waals surface area contributed by atoms with Gasteiger partial charge in [-0.3, -0.25) is 23.5 Å². The lowest BCUT2D eigenvalue weighted by Gasteiger charge is -2.33. The first kappa shape index (κ1) is 30.7. The molecule has 0 radical (unpaired) electrons. The van der Waals surface area contributed by atoms with E-state index in [1.165, 1.54) is 0 Å². The average Bonchev–Trinajstić information content (AvgIpc) is 2.53. The van der Waals surface area contributed by atoms with Crippen LogP contribution in [0.2, 0.25) is 0 Å². The minimum atomic E-state index is -3.84. The van der Waals surface area contributed by atoms with Gasteiger partial charge < -0.3 is 16.6 Å². The second kappa shape index (κ2) is 15.3. The lowest BCUT2D eigenvalue weighted by Crippen LogP contribution is -2.48. The number of hydrogen-bond acceptors (Lipinski definition) is 11. The second-order valence-electron chi connectivity index (χ2n) is 5.84. The van der Waals surface area contributed by atoms with Crippen molar-refractivity contribution in [3.05, 3.63) is 0 Å². The number of piperazine rings is 1. The van der Waals surface area contributed by atoms with E-state index in [2.05, 4.69) is 4.90 Å². The quantitative estimate of drug-likeness (QED) is 0.170. The summed E-state index contributed by atoms with van der Waals surface area (Å²) in [6, 6.07) is 0. The molecule has 0 saturated carbocycles. The molecule has 1 rings (SSSR count). The van der Waals surface area contributed by atoms with Crippen LogP contribution in [0.3, 0.4) is 0 Å². The van der Waals surface area contributed by atoms with E-state index in [1.807, 2.05) is 4.90 Å². The molecule has 17 heteroatoms.